The number of nitro benzene ring substituents is 1. The van der Waals surface area contributed by atoms with Gasteiger partial charge in [0.15, 0.2) is 4.80 Å². The molecule has 0 radical (unpaired) electrons. The van der Waals surface area contributed by atoms with Crippen LogP contribution in [0, 0.1) is 10.1 Å². The second kappa shape index (κ2) is 8.18. The van der Waals surface area contributed by atoms with E-state index in [1.54, 1.807) is 4.57 Å². The van der Waals surface area contributed by atoms with Crippen molar-refractivity contribution in [3.63, 3.8) is 0 Å². The summed E-state index contributed by atoms with van der Waals surface area (Å²) >= 11 is 1.22. The number of aromatic hydroxyl groups is 1. The first-order valence-electron chi connectivity index (χ1n) is 11.2. The maximum Gasteiger partial charge on any atom is 0.271 e. The molecule has 1 aliphatic carbocycles. The SMILES string of the molecule is O=c1/c(=C\c2cc([N+](=O)[O-])ccc2O)sc2n1[C@H](c1ccccc1)C1=C(N=2)c2ccccc2CC1. The van der Waals surface area contributed by atoms with E-state index in [0.29, 0.717) is 9.33 Å². The number of nitro groups is 1. The maximum absolute atomic E-state index is 13.7. The van der Waals surface area contributed by atoms with E-state index in [-0.39, 0.29) is 28.6 Å². The quantitative estimate of drug-likeness (QED) is 0.354. The summed E-state index contributed by atoms with van der Waals surface area (Å²) < 4.78 is 2.07. The number of aryl methyl sites for hydroxylation is 1. The van der Waals surface area contributed by atoms with Gasteiger partial charge >= 0.3 is 0 Å². The number of phenolic OH excluding ortho intramolecular Hbond substituents is 1. The van der Waals surface area contributed by atoms with Crippen LogP contribution in [0.25, 0.3) is 11.8 Å². The molecule has 0 saturated heterocycles. The van der Waals surface area contributed by atoms with Gasteiger partial charge in [0.1, 0.15) is 5.75 Å². The van der Waals surface area contributed by atoms with Crippen molar-refractivity contribution in [2.75, 3.05) is 0 Å². The first kappa shape index (κ1) is 21.2. The Balaban J connectivity index is 1.62. The molecule has 0 bridgehead atoms. The predicted octanol–water partition coefficient (Wildman–Crippen LogP) is 3.93. The Bertz CT molecular complexity index is 1720. The summed E-state index contributed by atoms with van der Waals surface area (Å²) in [5, 5.41) is 21.5. The molecule has 2 heterocycles. The molecule has 4 aromatic rings. The molecule has 1 aromatic heterocycles. The number of rotatable bonds is 3. The fourth-order valence-corrected chi connectivity index (χ4v) is 5.86. The van der Waals surface area contributed by atoms with Gasteiger partial charge in [0.25, 0.3) is 11.2 Å². The van der Waals surface area contributed by atoms with Crippen molar-refractivity contribution in [2.45, 2.75) is 18.9 Å². The summed E-state index contributed by atoms with van der Waals surface area (Å²) in [6, 6.07) is 21.6. The van der Waals surface area contributed by atoms with Crippen LogP contribution in [0.2, 0.25) is 0 Å². The van der Waals surface area contributed by atoms with Gasteiger partial charge in [0.2, 0.25) is 0 Å². The Morgan fingerprint density at radius 2 is 1.83 bits per heavy atom. The zero-order chi connectivity index (χ0) is 24.1. The minimum atomic E-state index is -0.529. The fourth-order valence-electron chi connectivity index (χ4n) is 4.87. The van der Waals surface area contributed by atoms with Gasteiger partial charge in [0.05, 0.1) is 21.2 Å². The molecule has 2 aliphatic rings. The van der Waals surface area contributed by atoms with Crippen molar-refractivity contribution in [2.24, 2.45) is 4.99 Å². The van der Waals surface area contributed by atoms with Crippen LogP contribution >= 0.6 is 11.3 Å². The van der Waals surface area contributed by atoms with Gasteiger partial charge in [0, 0.05) is 23.3 Å². The fraction of sp³-hybridized carbons (Fsp3) is 0.111. The lowest BCUT2D eigenvalue weighted by Gasteiger charge is -2.30. The number of thiazole rings is 1. The highest BCUT2D eigenvalue weighted by Gasteiger charge is 2.32. The molecule has 3 aromatic carbocycles. The van der Waals surface area contributed by atoms with E-state index in [4.69, 9.17) is 4.99 Å². The molecule has 8 heteroatoms. The van der Waals surface area contributed by atoms with E-state index in [0.717, 1.165) is 35.2 Å². The summed E-state index contributed by atoms with van der Waals surface area (Å²) in [5.41, 5.74) is 5.16. The van der Waals surface area contributed by atoms with Crippen LogP contribution < -0.4 is 14.9 Å². The average molecular weight is 482 g/mol. The summed E-state index contributed by atoms with van der Waals surface area (Å²) in [7, 11) is 0. The molecule has 1 aliphatic heterocycles. The van der Waals surface area contributed by atoms with Crippen molar-refractivity contribution in [1.29, 1.82) is 0 Å². The number of benzene rings is 3. The molecule has 7 nitrogen and oxygen atoms in total. The van der Waals surface area contributed by atoms with Crippen molar-refractivity contribution >= 4 is 28.8 Å². The Hall–Kier alpha value is -4.30. The van der Waals surface area contributed by atoms with E-state index in [1.807, 2.05) is 42.5 Å². The summed E-state index contributed by atoms with van der Waals surface area (Å²) in [6.45, 7) is 0. The van der Waals surface area contributed by atoms with Gasteiger partial charge in [-0.2, -0.15) is 0 Å². The van der Waals surface area contributed by atoms with E-state index in [9.17, 15) is 20.0 Å². The average Bonchev–Trinajstić information content (AvgIpc) is 3.18. The minimum absolute atomic E-state index is 0.130. The molecule has 0 fully saturated rings. The lowest BCUT2D eigenvalue weighted by Crippen LogP contribution is -2.38. The van der Waals surface area contributed by atoms with Crippen molar-refractivity contribution in [1.82, 2.24) is 4.57 Å². The van der Waals surface area contributed by atoms with Crippen LogP contribution in [0.5, 0.6) is 5.75 Å². The molecule has 6 rings (SSSR count). The van der Waals surface area contributed by atoms with Crippen LogP contribution in [0.15, 0.2) is 88.2 Å². The maximum atomic E-state index is 13.7. The number of aromatic nitrogens is 1. The third-order valence-corrected chi connectivity index (χ3v) is 7.48. The second-order valence-corrected chi connectivity index (χ2v) is 9.53. The molecular formula is C27H19N3O4S. The highest BCUT2D eigenvalue weighted by atomic mass is 32.1. The number of fused-ring (bicyclic) bond motifs is 3. The second-order valence-electron chi connectivity index (χ2n) is 8.52. The molecule has 0 spiro atoms. The van der Waals surface area contributed by atoms with E-state index >= 15 is 0 Å². The van der Waals surface area contributed by atoms with Gasteiger partial charge < -0.3 is 5.11 Å². The van der Waals surface area contributed by atoms with Gasteiger partial charge in [-0.3, -0.25) is 19.5 Å². The Morgan fingerprint density at radius 1 is 1.06 bits per heavy atom. The van der Waals surface area contributed by atoms with E-state index in [2.05, 4.69) is 12.1 Å². The van der Waals surface area contributed by atoms with Crippen LogP contribution in [0.4, 0.5) is 5.69 Å². The summed E-state index contributed by atoms with van der Waals surface area (Å²) in [6.07, 6.45) is 3.18. The highest BCUT2D eigenvalue weighted by molar-refractivity contribution is 7.07. The molecule has 0 amide bonds. The van der Waals surface area contributed by atoms with Crippen molar-refractivity contribution in [3.05, 3.63) is 130 Å². The van der Waals surface area contributed by atoms with Gasteiger partial charge in [-0.1, -0.05) is 65.9 Å². The number of non-ortho nitro benzene ring substituents is 1. The van der Waals surface area contributed by atoms with Crippen LogP contribution in [-0.4, -0.2) is 14.6 Å². The Labute approximate surface area is 203 Å². The normalized spacial score (nSPS) is 16.8. The number of hydrogen-bond donors (Lipinski definition) is 1. The summed E-state index contributed by atoms with van der Waals surface area (Å²) in [5.74, 6) is -0.130. The minimum Gasteiger partial charge on any atom is -0.507 e. The zero-order valence-electron chi connectivity index (χ0n) is 18.4. The van der Waals surface area contributed by atoms with Crippen molar-refractivity contribution < 1.29 is 10.0 Å². The van der Waals surface area contributed by atoms with Crippen LogP contribution in [0.3, 0.4) is 0 Å². The van der Waals surface area contributed by atoms with Gasteiger partial charge in [-0.05, 0) is 41.7 Å². The first-order valence-corrected chi connectivity index (χ1v) is 12.0. The molecule has 1 atom stereocenters. The smallest absolute Gasteiger partial charge is 0.271 e. The number of phenols is 1. The summed E-state index contributed by atoms with van der Waals surface area (Å²) in [4.78, 5) is 29.9. The first-order chi connectivity index (χ1) is 17.0. The van der Waals surface area contributed by atoms with Gasteiger partial charge in [-0.15, -0.1) is 0 Å². The number of nitrogens with zero attached hydrogens (tertiary/aromatic N) is 3. The Morgan fingerprint density at radius 3 is 2.63 bits per heavy atom. The highest BCUT2D eigenvalue weighted by Crippen LogP contribution is 2.41. The number of hydrogen-bond acceptors (Lipinski definition) is 6. The lowest BCUT2D eigenvalue weighted by atomic mass is 9.83. The molecule has 172 valence electrons. The zero-order valence-corrected chi connectivity index (χ0v) is 19.2. The van der Waals surface area contributed by atoms with Crippen LogP contribution in [0.1, 0.15) is 34.7 Å². The largest absolute Gasteiger partial charge is 0.507 e. The standard InChI is InChI=1S/C27H19N3O4S/c31-22-13-11-19(30(33)34)14-18(22)15-23-26(32)29-25(17-7-2-1-3-8-17)21-12-10-16-6-4-5-9-20(16)24(21)28-27(29)35-23/h1-9,11,13-15,25,31H,10,12H2/b23-15+/t25-/m1/s1. The van der Waals surface area contributed by atoms with Crippen LogP contribution in [-0.2, 0) is 6.42 Å². The molecule has 1 N–H and O–H groups in total. The number of allylic oxidation sites excluding steroid dienone is 1. The topological polar surface area (TPSA) is 97.7 Å². The Kier molecular flexibility index (Phi) is 4.96. The predicted molar refractivity (Wildman–Crippen MR) is 134 cm³/mol. The van der Waals surface area contributed by atoms with E-state index < -0.39 is 4.92 Å². The van der Waals surface area contributed by atoms with E-state index in [1.165, 1.54) is 41.2 Å². The third-order valence-electron chi connectivity index (χ3n) is 6.50. The molecule has 35 heavy (non-hydrogen) atoms. The molecular weight excluding hydrogens is 462 g/mol. The van der Waals surface area contributed by atoms with Gasteiger partial charge in [-0.25, -0.2) is 4.99 Å². The monoisotopic (exact) mass is 481 g/mol. The molecule has 0 unspecified atom stereocenters. The third kappa shape index (κ3) is 3.50. The van der Waals surface area contributed by atoms with Crippen molar-refractivity contribution in [3.8, 4) is 5.75 Å². The molecule has 0 saturated carbocycles. The lowest BCUT2D eigenvalue weighted by molar-refractivity contribution is -0.384.